The molecule has 0 aliphatic heterocycles. The van der Waals surface area contributed by atoms with Gasteiger partial charge in [-0.3, -0.25) is 4.79 Å². The van der Waals surface area contributed by atoms with Crippen LogP contribution in [0.25, 0.3) is 11.4 Å². The predicted octanol–water partition coefficient (Wildman–Crippen LogP) is 2.48. The fourth-order valence-corrected chi connectivity index (χ4v) is 1.70. The maximum absolute atomic E-state index is 10.4. The predicted molar refractivity (Wildman–Crippen MR) is 64.6 cm³/mol. The molecule has 17 heavy (non-hydrogen) atoms. The van der Waals surface area contributed by atoms with Crippen molar-refractivity contribution in [3.63, 3.8) is 0 Å². The van der Waals surface area contributed by atoms with Crippen molar-refractivity contribution in [1.29, 1.82) is 0 Å². The van der Waals surface area contributed by atoms with Gasteiger partial charge in [0.05, 0.1) is 0 Å². The van der Waals surface area contributed by atoms with Crippen LogP contribution >= 0.6 is 0 Å². The zero-order valence-electron chi connectivity index (χ0n) is 9.39. The average Bonchev–Trinajstić information content (AvgIpc) is 2.83. The lowest BCUT2D eigenvalue weighted by atomic mass is 10.1. The average molecular weight is 230 g/mol. The SMILES string of the molecule is O=C(O)CCCc1ccc(-c2ncc[nH]2)cc1. The Bertz CT molecular complexity index is 475. The zero-order valence-corrected chi connectivity index (χ0v) is 9.39. The van der Waals surface area contributed by atoms with Gasteiger partial charge < -0.3 is 10.1 Å². The highest BCUT2D eigenvalue weighted by Crippen LogP contribution is 2.16. The van der Waals surface area contributed by atoms with E-state index in [1.165, 1.54) is 0 Å². The number of aromatic amines is 1. The van der Waals surface area contributed by atoms with Crippen LogP contribution in [0.1, 0.15) is 18.4 Å². The molecule has 4 nitrogen and oxygen atoms in total. The highest BCUT2D eigenvalue weighted by molar-refractivity contribution is 5.66. The Labute approximate surface area is 99.3 Å². The van der Waals surface area contributed by atoms with Gasteiger partial charge in [0.1, 0.15) is 5.82 Å². The number of aliphatic carboxylic acids is 1. The van der Waals surface area contributed by atoms with Crippen molar-refractivity contribution in [1.82, 2.24) is 9.97 Å². The number of aromatic nitrogens is 2. The van der Waals surface area contributed by atoms with E-state index in [0.29, 0.717) is 6.42 Å². The monoisotopic (exact) mass is 230 g/mol. The van der Waals surface area contributed by atoms with Gasteiger partial charge in [0.15, 0.2) is 0 Å². The molecule has 1 aromatic carbocycles. The number of carboxylic acids is 1. The summed E-state index contributed by atoms with van der Waals surface area (Å²) in [5.41, 5.74) is 2.19. The molecule has 1 heterocycles. The minimum Gasteiger partial charge on any atom is -0.481 e. The van der Waals surface area contributed by atoms with Crippen molar-refractivity contribution in [2.24, 2.45) is 0 Å². The molecule has 0 radical (unpaired) electrons. The molecule has 0 fully saturated rings. The number of benzene rings is 1. The molecule has 0 aliphatic rings. The van der Waals surface area contributed by atoms with Crippen LogP contribution in [-0.4, -0.2) is 21.0 Å². The Morgan fingerprint density at radius 1 is 1.29 bits per heavy atom. The van der Waals surface area contributed by atoms with E-state index >= 15 is 0 Å². The van der Waals surface area contributed by atoms with Crippen LogP contribution < -0.4 is 0 Å². The van der Waals surface area contributed by atoms with Gasteiger partial charge in [0.2, 0.25) is 0 Å². The molecule has 2 aromatic rings. The van der Waals surface area contributed by atoms with Crippen LogP contribution in [0.5, 0.6) is 0 Å². The van der Waals surface area contributed by atoms with Crippen molar-refractivity contribution in [3.8, 4) is 11.4 Å². The molecule has 0 spiro atoms. The summed E-state index contributed by atoms with van der Waals surface area (Å²) >= 11 is 0. The van der Waals surface area contributed by atoms with Crippen LogP contribution in [0.15, 0.2) is 36.7 Å². The number of rotatable bonds is 5. The molecule has 1 aromatic heterocycles. The smallest absolute Gasteiger partial charge is 0.303 e. The zero-order chi connectivity index (χ0) is 12.1. The van der Waals surface area contributed by atoms with E-state index in [9.17, 15) is 4.79 Å². The van der Waals surface area contributed by atoms with Crippen molar-refractivity contribution < 1.29 is 9.90 Å². The van der Waals surface area contributed by atoms with E-state index in [2.05, 4.69) is 9.97 Å². The standard InChI is InChI=1S/C13H14N2O2/c16-12(17)3-1-2-10-4-6-11(7-5-10)13-14-8-9-15-13/h4-9H,1-3H2,(H,14,15)(H,16,17). The van der Waals surface area contributed by atoms with E-state index in [4.69, 9.17) is 5.11 Å². The van der Waals surface area contributed by atoms with Gasteiger partial charge in [0, 0.05) is 24.4 Å². The minimum atomic E-state index is -0.739. The maximum atomic E-state index is 10.4. The number of carbonyl (C=O) groups is 1. The third-order valence-corrected chi connectivity index (χ3v) is 2.58. The minimum absolute atomic E-state index is 0.222. The molecule has 0 amide bonds. The lowest BCUT2D eigenvalue weighted by molar-refractivity contribution is -0.137. The number of hydrogen-bond acceptors (Lipinski definition) is 2. The molecule has 0 atom stereocenters. The van der Waals surface area contributed by atoms with E-state index in [1.807, 2.05) is 24.3 Å². The molecular formula is C13H14N2O2. The van der Waals surface area contributed by atoms with E-state index < -0.39 is 5.97 Å². The van der Waals surface area contributed by atoms with Crippen molar-refractivity contribution in [3.05, 3.63) is 42.2 Å². The summed E-state index contributed by atoms with van der Waals surface area (Å²) in [6.07, 6.45) is 5.20. The summed E-state index contributed by atoms with van der Waals surface area (Å²) in [5, 5.41) is 8.55. The first-order chi connectivity index (χ1) is 8.25. The second kappa shape index (κ2) is 5.30. The molecule has 2 N–H and O–H groups in total. The molecule has 4 heteroatoms. The third-order valence-electron chi connectivity index (χ3n) is 2.58. The van der Waals surface area contributed by atoms with E-state index in [0.717, 1.165) is 23.4 Å². The van der Waals surface area contributed by atoms with Crippen LogP contribution in [0.4, 0.5) is 0 Å². The molecule has 2 rings (SSSR count). The van der Waals surface area contributed by atoms with Gasteiger partial charge in [-0.15, -0.1) is 0 Å². The van der Waals surface area contributed by atoms with Gasteiger partial charge in [0.25, 0.3) is 0 Å². The lowest BCUT2D eigenvalue weighted by Crippen LogP contribution is -1.95. The van der Waals surface area contributed by atoms with Crippen molar-refractivity contribution in [2.75, 3.05) is 0 Å². The number of nitrogens with zero attached hydrogens (tertiary/aromatic N) is 1. The largest absolute Gasteiger partial charge is 0.481 e. The Morgan fingerprint density at radius 3 is 2.65 bits per heavy atom. The van der Waals surface area contributed by atoms with E-state index in [1.54, 1.807) is 12.4 Å². The number of hydrogen-bond donors (Lipinski definition) is 2. The number of aryl methyl sites for hydroxylation is 1. The number of H-pyrrole nitrogens is 1. The Balaban J connectivity index is 1.96. The maximum Gasteiger partial charge on any atom is 0.303 e. The number of carboxylic acid groups (broad SMARTS) is 1. The van der Waals surface area contributed by atoms with Crippen LogP contribution in [0.2, 0.25) is 0 Å². The first-order valence-corrected chi connectivity index (χ1v) is 5.56. The molecular weight excluding hydrogens is 216 g/mol. The summed E-state index contributed by atoms with van der Waals surface area (Å²) in [5.74, 6) is 0.110. The molecule has 0 aliphatic carbocycles. The van der Waals surface area contributed by atoms with Gasteiger partial charge in [-0.05, 0) is 18.4 Å². The topological polar surface area (TPSA) is 66.0 Å². The first-order valence-electron chi connectivity index (χ1n) is 5.56. The van der Waals surface area contributed by atoms with Gasteiger partial charge in [-0.1, -0.05) is 24.3 Å². The van der Waals surface area contributed by atoms with Crippen molar-refractivity contribution in [2.45, 2.75) is 19.3 Å². The van der Waals surface area contributed by atoms with Crippen molar-refractivity contribution >= 4 is 5.97 Å². The van der Waals surface area contributed by atoms with Crippen LogP contribution in [0, 0.1) is 0 Å². The quantitative estimate of drug-likeness (QED) is 0.829. The van der Waals surface area contributed by atoms with E-state index in [-0.39, 0.29) is 6.42 Å². The van der Waals surface area contributed by atoms with Crippen LogP contribution in [-0.2, 0) is 11.2 Å². The highest BCUT2D eigenvalue weighted by Gasteiger charge is 2.01. The molecule has 88 valence electrons. The number of imidazole rings is 1. The van der Waals surface area contributed by atoms with Crippen LogP contribution in [0.3, 0.4) is 0 Å². The second-order valence-corrected chi connectivity index (χ2v) is 3.88. The first kappa shape index (κ1) is 11.4. The summed E-state index contributed by atoms with van der Waals surface area (Å²) in [7, 11) is 0. The van der Waals surface area contributed by atoms with Gasteiger partial charge in [-0.25, -0.2) is 4.98 Å². The fourth-order valence-electron chi connectivity index (χ4n) is 1.70. The fraction of sp³-hybridized carbons (Fsp3) is 0.231. The Hall–Kier alpha value is -2.10. The molecule has 0 saturated carbocycles. The Morgan fingerprint density at radius 2 is 2.06 bits per heavy atom. The summed E-state index contributed by atoms with van der Waals surface area (Å²) in [6, 6.07) is 8.02. The van der Waals surface area contributed by atoms with Gasteiger partial charge >= 0.3 is 5.97 Å². The molecule has 0 saturated heterocycles. The third kappa shape index (κ3) is 3.17. The Kier molecular flexibility index (Phi) is 3.55. The lowest BCUT2D eigenvalue weighted by Gasteiger charge is -2.01. The molecule has 0 unspecified atom stereocenters. The second-order valence-electron chi connectivity index (χ2n) is 3.88. The summed E-state index contributed by atoms with van der Waals surface area (Å²) in [6.45, 7) is 0. The highest BCUT2D eigenvalue weighted by atomic mass is 16.4. The van der Waals surface area contributed by atoms with Gasteiger partial charge in [-0.2, -0.15) is 0 Å². The number of nitrogens with one attached hydrogen (secondary N) is 1. The molecule has 0 bridgehead atoms. The normalized spacial score (nSPS) is 10.4. The summed E-state index contributed by atoms with van der Waals surface area (Å²) < 4.78 is 0. The summed E-state index contributed by atoms with van der Waals surface area (Å²) in [4.78, 5) is 17.6.